The van der Waals surface area contributed by atoms with E-state index in [1.807, 2.05) is 29.8 Å². The molecule has 0 spiro atoms. The molecule has 134 valence electrons. The van der Waals surface area contributed by atoms with Gasteiger partial charge in [0, 0.05) is 36.4 Å². The average molecular weight is 389 g/mol. The molecule has 0 saturated carbocycles. The zero-order valence-corrected chi connectivity index (χ0v) is 16.4. The molecule has 1 fully saturated rings. The maximum atomic E-state index is 4.51. The van der Waals surface area contributed by atoms with Gasteiger partial charge in [-0.3, -0.25) is 9.88 Å². The van der Waals surface area contributed by atoms with Crippen molar-refractivity contribution in [2.45, 2.75) is 45.3 Å². The first kappa shape index (κ1) is 21.3. The summed E-state index contributed by atoms with van der Waals surface area (Å²) in [6.45, 7) is 6.24. The molecule has 0 bridgehead atoms. The van der Waals surface area contributed by atoms with Crippen molar-refractivity contribution in [2.24, 2.45) is 0 Å². The second-order valence-corrected chi connectivity index (χ2v) is 7.23. The smallest absolute Gasteiger partial charge is 0.0897 e. The van der Waals surface area contributed by atoms with Gasteiger partial charge in [-0.05, 0) is 51.4 Å². The van der Waals surface area contributed by atoms with Crippen LogP contribution in [-0.4, -0.2) is 34.0 Å². The quantitative estimate of drug-likeness (QED) is 0.844. The molecular formula is C17H26Cl2N4S. The molecule has 1 atom stereocenters. The van der Waals surface area contributed by atoms with Crippen LogP contribution < -0.4 is 5.32 Å². The summed E-state index contributed by atoms with van der Waals surface area (Å²) < 4.78 is 0. The second kappa shape index (κ2) is 11.0. The van der Waals surface area contributed by atoms with Gasteiger partial charge in [-0.15, -0.1) is 36.2 Å². The molecule has 0 radical (unpaired) electrons. The Morgan fingerprint density at radius 1 is 1.17 bits per heavy atom. The monoisotopic (exact) mass is 388 g/mol. The molecule has 1 aliphatic rings. The minimum absolute atomic E-state index is 0. The van der Waals surface area contributed by atoms with E-state index in [4.69, 9.17) is 0 Å². The summed E-state index contributed by atoms with van der Waals surface area (Å²) in [5.41, 5.74) is 1.15. The number of pyridine rings is 1. The largest absolute Gasteiger partial charge is 0.317 e. The molecule has 2 aromatic rings. The SMILES string of the molecule is Cc1ncc(CN(Cc2ccccn2)C2CCCNCC2)s1.Cl.Cl. The van der Waals surface area contributed by atoms with Crippen LogP contribution in [0.4, 0.5) is 0 Å². The van der Waals surface area contributed by atoms with Crippen molar-refractivity contribution in [1.29, 1.82) is 0 Å². The molecule has 4 nitrogen and oxygen atoms in total. The molecule has 24 heavy (non-hydrogen) atoms. The zero-order chi connectivity index (χ0) is 15.2. The summed E-state index contributed by atoms with van der Waals surface area (Å²) in [6, 6.07) is 6.81. The van der Waals surface area contributed by atoms with Gasteiger partial charge in [0.2, 0.25) is 0 Å². The van der Waals surface area contributed by atoms with Gasteiger partial charge in [0.1, 0.15) is 0 Å². The lowest BCUT2D eigenvalue weighted by molar-refractivity contribution is 0.163. The van der Waals surface area contributed by atoms with Gasteiger partial charge in [0.05, 0.1) is 10.7 Å². The van der Waals surface area contributed by atoms with Gasteiger partial charge < -0.3 is 5.32 Å². The van der Waals surface area contributed by atoms with Gasteiger partial charge in [0.25, 0.3) is 0 Å². The highest BCUT2D eigenvalue weighted by atomic mass is 35.5. The molecule has 1 saturated heterocycles. The molecular weight excluding hydrogens is 363 g/mol. The van der Waals surface area contributed by atoms with E-state index in [0.29, 0.717) is 6.04 Å². The van der Waals surface area contributed by atoms with Crippen LogP contribution in [0.1, 0.15) is 34.8 Å². The Hall–Kier alpha value is -0.720. The number of nitrogens with one attached hydrogen (secondary N) is 1. The van der Waals surface area contributed by atoms with Crippen molar-refractivity contribution in [3.8, 4) is 0 Å². The van der Waals surface area contributed by atoms with Crippen molar-refractivity contribution in [1.82, 2.24) is 20.2 Å². The average Bonchev–Trinajstić information content (AvgIpc) is 2.78. The molecule has 2 aromatic heterocycles. The first-order valence-electron chi connectivity index (χ1n) is 8.07. The van der Waals surface area contributed by atoms with Crippen LogP contribution in [0.25, 0.3) is 0 Å². The van der Waals surface area contributed by atoms with E-state index < -0.39 is 0 Å². The van der Waals surface area contributed by atoms with E-state index in [0.717, 1.165) is 36.9 Å². The Morgan fingerprint density at radius 3 is 2.75 bits per heavy atom. The maximum Gasteiger partial charge on any atom is 0.0897 e. The number of aromatic nitrogens is 2. The molecule has 0 aliphatic carbocycles. The van der Waals surface area contributed by atoms with Crippen LogP contribution in [0.15, 0.2) is 30.6 Å². The molecule has 1 unspecified atom stereocenters. The Morgan fingerprint density at radius 2 is 2.04 bits per heavy atom. The molecule has 3 rings (SSSR count). The van der Waals surface area contributed by atoms with Crippen LogP contribution in [0.3, 0.4) is 0 Å². The minimum atomic E-state index is 0. The standard InChI is InChI=1S/C17H24N4S.2ClH/c1-14-20-11-17(22-14)13-21(12-15-5-2-3-9-19-15)16-6-4-8-18-10-7-16;;/h2-3,5,9,11,16,18H,4,6-8,10,12-13H2,1H3;2*1H. The Labute approximate surface area is 160 Å². The van der Waals surface area contributed by atoms with Crippen LogP contribution in [0, 0.1) is 6.92 Å². The van der Waals surface area contributed by atoms with Gasteiger partial charge in [-0.1, -0.05) is 6.07 Å². The summed E-state index contributed by atoms with van der Waals surface area (Å²) in [5, 5.41) is 4.66. The normalized spacial score (nSPS) is 17.7. The molecule has 1 aliphatic heterocycles. The predicted octanol–water partition coefficient (Wildman–Crippen LogP) is 3.83. The third-order valence-electron chi connectivity index (χ3n) is 4.18. The fourth-order valence-electron chi connectivity index (χ4n) is 3.06. The third kappa shape index (κ3) is 6.30. The van der Waals surface area contributed by atoms with Gasteiger partial charge in [-0.2, -0.15) is 0 Å². The number of halogens is 2. The maximum absolute atomic E-state index is 4.51. The van der Waals surface area contributed by atoms with Crippen LogP contribution >= 0.6 is 36.2 Å². The predicted molar refractivity (Wildman–Crippen MR) is 105 cm³/mol. The summed E-state index contributed by atoms with van der Waals surface area (Å²) >= 11 is 1.81. The van der Waals surface area contributed by atoms with E-state index in [1.54, 1.807) is 0 Å². The third-order valence-corrected chi connectivity index (χ3v) is 5.08. The fourth-order valence-corrected chi connectivity index (χ4v) is 3.88. The van der Waals surface area contributed by atoms with Crippen molar-refractivity contribution in [3.63, 3.8) is 0 Å². The van der Waals surface area contributed by atoms with Crippen LogP contribution in [0.5, 0.6) is 0 Å². The number of nitrogens with zero attached hydrogens (tertiary/aromatic N) is 3. The van der Waals surface area contributed by atoms with E-state index >= 15 is 0 Å². The highest BCUT2D eigenvalue weighted by Gasteiger charge is 2.21. The number of rotatable bonds is 5. The van der Waals surface area contributed by atoms with Crippen molar-refractivity contribution < 1.29 is 0 Å². The highest BCUT2D eigenvalue weighted by molar-refractivity contribution is 7.11. The summed E-state index contributed by atoms with van der Waals surface area (Å²) in [6.07, 6.45) is 7.65. The number of hydrogen-bond donors (Lipinski definition) is 1. The van der Waals surface area contributed by atoms with E-state index in [-0.39, 0.29) is 24.8 Å². The highest BCUT2D eigenvalue weighted by Crippen LogP contribution is 2.21. The lowest BCUT2D eigenvalue weighted by Gasteiger charge is -2.30. The molecule has 0 amide bonds. The van der Waals surface area contributed by atoms with Crippen molar-refractivity contribution >= 4 is 36.2 Å². The van der Waals surface area contributed by atoms with Crippen molar-refractivity contribution in [2.75, 3.05) is 13.1 Å². The van der Waals surface area contributed by atoms with Crippen LogP contribution in [0.2, 0.25) is 0 Å². The Bertz CT molecular complexity index is 571. The summed E-state index contributed by atoms with van der Waals surface area (Å²) in [5.74, 6) is 0. The molecule has 1 N–H and O–H groups in total. The second-order valence-electron chi connectivity index (χ2n) is 5.91. The summed E-state index contributed by atoms with van der Waals surface area (Å²) in [4.78, 5) is 12.9. The first-order chi connectivity index (χ1) is 10.8. The molecule has 3 heterocycles. The molecule has 7 heteroatoms. The number of thiazole rings is 1. The van der Waals surface area contributed by atoms with Gasteiger partial charge in [-0.25, -0.2) is 4.98 Å². The van der Waals surface area contributed by atoms with E-state index in [2.05, 4.69) is 39.2 Å². The first-order valence-corrected chi connectivity index (χ1v) is 8.89. The number of hydrogen-bond acceptors (Lipinski definition) is 5. The Kier molecular flexibility index (Phi) is 9.78. The number of aryl methyl sites for hydroxylation is 1. The lowest BCUT2D eigenvalue weighted by Crippen LogP contribution is -2.35. The minimum Gasteiger partial charge on any atom is -0.317 e. The Balaban J connectivity index is 0.00000144. The summed E-state index contributed by atoms with van der Waals surface area (Å²) in [7, 11) is 0. The molecule has 0 aromatic carbocycles. The van der Waals surface area contributed by atoms with E-state index in [1.165, 1.54) is 24.1 Å². The van der Waals surface area contributed by atoms with Gasteiger partial charge in [0.15, 0.2) is 0 Å². The fraction of sp³-hybridized carbons (Fsp3) is 0.529. The van der Waals surface area contributed by atoms with E-state index in [9.17, 15) is 0 Å². The zero-order valence-electron chi connectivity index (χ0n) is 14.0. The van der Waals surface area contributed by atoms with Crippen molar-refractivity contribution in [3.05, 3.63) is 46.2 Å². The van der Waals surface area contributed by atoms with Crippen LogP contribution in [-0.2, 0) is 13.1 Å². The lowest BCUT2D eigenvalue weighted by atomic mass is 10.1. The topological polar surface area (TPSA) is 41.1 Å². The van der Waals surface area contributed by atoms with Gasteiger partial charge >= 0.3 is 0 Å².